The molecule has 1 aromatic rings. The molecule has 0 aromatic heterocycles. The Morgan fingerprint density at radius 3 is 2.50 bits per heavy atom. The Morgan fingerprint density at radius 1 is 1.08 bits per heavy atom. The van der Waals surface area contributed by atoms with E-state index in [-0.39, 0.29) is 24.8 Å². The topological polar surface area (TPSA) is 132 Å². The molecular weight excluding hydrogens is 494 g/mol. The first kappa shape index (κ1) is 29.1. The molecule has 1 fully saturated rings. The van der Waals surface area contributed by atoms with Crippen LogP contribution in [0.25, 0.3) is 0 Å². The minimum Gasteiger partial charge on any atom is -0.444 e. The zero-order valence-corrected chi connectivity index (χ0v) is 22.1. The third-order valence-corrected chi connectivity index (χ3v) is 5.59. The molecule has 0 saturated carbocycles. The number of amides is 4. The summed E-state index contributed by atoms with van der Waals surface area (Å²) >= 11 is 0. The number of carbonyl (C=O) groups is 4. The van der Waals surface area contributed by atoms with Gasteiger partial charge in [-0.1, -0.05) is 11.8 Å². The van der Waals surface area contributed by atoms with Gasteiger partial charge in [0.25, 0.3) is 5.91 Å². The van der Waals surface area contributed by atoms with E-state index in [1.54, 1.807) is 32.9 Å². The number of alkyl carbamates (subject to hydrolysis) is 1. The first-order valence-electron chi connectivity index (χ1n) is 12.6. The van der Waals surface area contributed by atoms with Crippen LogP contribution < -0.4 is 10.6 Å². The highest BCUT2D eigenvalue weighted by molar-refractivity contribution is 6.05. The van der Waals surface area contributed by atoms with Gasteiger partial charge in [-0.2, -0.15) is 0 Å². The van der Waals surface area contributed by atoms with Gasteiger partial charge in [-0.05, 0) is 51.0 Å². The fourth-order valence-electron chi connectivity index (χ4n) is 3.89. The molecule has 3 rings (SSSR count). The monoisotopic (exact) mass is 529 g/mol. The van der Waals surface area contributed by atoms with Crippen LogP contribution in [0.1, 0.15) is 55.1 Å². The van der Waals surface area contributed by atoms with Gasteiger partial charge in [-0.3, -0.25) is 19.7 Å². The van der Waals surface area contributed by atoms with Gasteiger partial charge in [0.15, 0.2) is 0 Å². The lowest BCUT2D eigenvalue weighted by Crippen LogP contribution is -2.52. The number of hydrogen-bond donors (Lipinski definition) is 2. The first-order chi connectivity index (χ1) is 18.1. The van der Waals surface area contributed by atoms with Crippen molar-refractivity contribution in [1.29, 1.82) is 0 Å². The molecule has 2 N–H and O–H groups in total. The van der Waals surface area contributed by atoms with E-state index in [1.165, 1.54) is 4.90 Å². The summed E-state index contributed by atoms with van der Waals surface area (Å²) in [6.07, 6.45) is 0.0832. The van der Waals surface area contributed by atoms with Crippen LogP contribution in [0.15, 0.2) is 18.2 Å². The van der Waals surface area contributed by atoms with Crippen LogP contribution in [-0.4, -0.2) is 86.5 Å². The number of ether oxygens (including phenoxy) is 4. The molecule has 1 atom stereocenters. The Bertz CT molecular complexity index is 1090. The van der Waals surface area contributed by atoms with Gasteiger partial charge in [-0.25, -0.2) is 4.79 Å². The summed E-state index contributed by atoms with van der Waals surface area (Å²) in [5, 5.41) is 4.91. The molecule has 0 spiro atoms. The van der Waals surface area contributed by atoms with Crippen molar-refractivity contribution in [3.8, 4) is 11.8 Å². The maximum absolute atomic E-state index is 12.7. The van der Waals surface area contributed by atoms with Crippen molar-refractivity contribution in [2.45, 2.75) is 51.8 Å². The largest absolute Gasteiger partial charge is 0.444 e. The Hall–Kier alpha value is -3.46. The quantitative estimate of drug-likeness (QED) is 0.250. The SMILES string of the molecule is CC(C)(C)OC(=O)NCCOCCOCCOCC#Cc1ccc2c(c1)CN(C1CCC(=O)NC1=O)C2=O. The van der Waals surface area contributed by atoms with Crippen molar-refractivity contribution in [1.82, 2.24) is 15.5 Å². The summed E-state index contributed by atoms with van der Waals surface area (Å²) in [5.74, 6) is 5.02. The van der Waals surface area contributed by atoms with Gasteiger partial charge >= 0.3 is 6.09 Å². The summed E-state index contributed by atoms with van der Waals surface area (Å²) in [4.78, 5) is 49.3. The lowest BCUT2D eigenvalue weighted by atomic mass is 10.0. The highest BCUT2D eigenvalue weighted by atomic mass is 16.6. The van der Waals surface area contributed by atoms with Crippen LogP contribution in [0.4, 0.5) is 4.79 Å². The van der Waals surface area contributed by atoms with Crippen LogP contribution in [0.2, 0.25) is 0 Å². The number of fused-ring (bicyclic) bond motifs is 1. The highest BCUT2D eigenvalue weighted by Gasteiger charge is 2.39. The Labute approximate surface area is 222 Å². The van der Waals surface area contributed by atoms with Crippen LogP contribution in [0, 0.1) is 11.8 Å². The molecule has 2 aliphatic heterocycles. The van der Waals surface area contributed by atoms with Gasteiger partial charge in [0.2, 0.25) is 11.8 Å². The number of nitrogens with zero attached hydrogens (tertiary/aromatic N) is 1. The molecule has 11 nitrogen and oxygen atoms in total. The Morgan fingerprint density at radius 2 is 1.79 bits per heavy atom. The molecule has 0 bridgehead atoms. The minimum absolute atomic E-state index is 0.208. The van der Waals surface area contributed by atoms with Crippen molar-refractivity contribution in [3.63, 3.8) is 0 Å². The third kappa shape index (κ3) is 9.13. The molecular formula is C27H35N3O8. The molecule has 11 heteroatoms. The zero-order chi connectivity index (χ0) is 27.5. The molecule has 4 amide bonds. The fourth-order valence-corrected chi connectivity index (χ4v) is 3.89. The van der Waals surface area contributed by atoms with E-state index in [0.29, 0.717) is 58.1 Å². The maximum Gasteiger partial charge on any atom is 0.407 e. The van der Waals surface area contributed by atoms with Gasteiger partial charge in [0.05, 0.1) is 33.0 Å². The summed E-state index contributed by atoms with van der Waals surface area (Å²) in [7, 11) is 0. The van der Waals surface area contributed by atoms with E-state index >= 15 is 0 Å². The van der Waals surface area contributed by atoms with Crippen LogP contribution in [0.5, 0.6) is 0 Å². The molecule has 38 heavy (non-hydrogen) atoms. The number of rotatable bonds is 11. The summed E-state index contributed by atoms with van der Waals surface area (Å²) < 4.78 is 21.4. The molecule has 0 aliphatic carbocycles. The molecule has 1 unspecified atom stereocenters. The number of carbonyl (C=O) groups excluding carboxylic acids is 4. The lowest BCUT2D eigenvalue weighted by molar-refractivity contribution is -0.136. The maximum atomic E-state index is 12.7. The van der Waals surface area contributed by atoms with Gasteiger partial charge in [-0.15, -0.1) is 0 Å². The Balaban J connectivity index is 1.26. The molecule has 206 valence electrons. The van der Waals surface area contributed by atoms with E-state index in [2.05, 4.69) is 22.5 Å². The van der Waals surface area contributed by atoms with E-state index in [9.17, 15) is 19.2 Å². The second-order valence-electron chi connectivity index (χ2n) is 9.78. The molecule has 2 aliphatic rings. The van der Waals surface area contributed by atoms with Gasteiger partial charge < -0.3 is 29.2 Å². The molecule has 0 radical (unpaired) electrons. The average molecular weight is 530 g/mol. The Kier molecular flexibility index (Phi) is 10.6. The normalized spacial score (nSPS) is 17.0. The van der Waals surface area contributed by atoms with Crippen molar-refractivity contribution in [2.75, 3.05) is 46.2 Å². The van der Waals surface area contributed by atoms with Crippen LogP contribution >= 0.6 is 0 Å². The van der Waals surface area contributed by atoms with Crippen molar-refractivity contribution < 1.29 is 38.1 Å². The number of hydrogen-bond acceptors (Lipinski definition) is 8. The van der Waals surface area contributed by atoms with Crippen LogP contribution in [0.3, 0.4) is 0 Å². The number of benzene rings is 1. The van der Waals surface area contributed by atoms with E-state index in [1.807, 2.05) is 6.07 Å². The minimum atomic E-state index is -0.634. The lowest BCUT2D eigenvalue weighted by Gasteiger charge is -2.29. The standard InChI is InChI=1S/C27H35N3O8/c1-27(2,3)38-26(34)28-10-12-36-14-16-37-15-13-35-11-4-5-19-6-7-21-20(17-19)18-30(25(21)33)22-8-9-23(31)29-24(22)32/h6-7,17,22H,8-16,18H2,1-3H3,(H,28,34)(H,29,31,32). The van der Waals surface area contributed by atoms with Gasteiger partial charge in [0.1, 0.15) is 18.2 Å². The van der Waals surface area contributed by atoms with E-state index in [0.717, 1.165) is 11.1 Å². The van der Waals surface area contributed by atoms with E-state index < -0.39 is 23.6 Å². The third-order valence-electron chi connectivity index (χ3n) is 5.59. The molecule has 1 saturated heterocycles. The predicted octanol–water partition coefficient (Wildman–Crippen LogP) is 1.37. The highest BCUT2D eigenvalue weighted by Crippen LogP contribution is 2.28. The summed E-state index contributed by atoms with van der Waals surface area (Å²) in [6.45, 7) is 8.26. The second-order valence-corrected chi connectivity index (χ2v) is 9.78. The fraction of sp³-hybridized carbons (Fsp3) is 0.556. The number of imide groups is 1. The van der Waals surface area contributed by atoms with Gasteiger partial charge in [0, 0.05) is 30.6 Å². The van der Waals surface area contributed by atoms with Crippen molar-refractivity contribution in [2.24, 2.45) is 0 Å². The predicted molar refractivity (Wildman–Crippen MR) is 136 cm³/mol. The second kappa shape index (κ2) is 13.9. The molecule has 1 aromatic carbocycles. The van der Waals surface area contributed by atoms with Crippen molar-refractivity contribution in [3.05, 3.63) is 34.9 Å². The number of piperidine rings is 1. The van der Waals surface area contributed by atoms with E-state index in [4.69, 9.17) is 18.9 Å². The first-order valence-corrected chi connectivity index (χ1v) is 12.6. The van der Waals surface area contributed by atoms with Crippen molar-refractivity contribution >= 4 is 23.8 Å². The summed E-state index contributed by atoms with van der Waals surface area (Å²) in [6, 6.07) is 4.70. The van der Waals surface area contributed by atoms with Crippen LogP contribution in [-0.2, 0) is 35.1 Å². The summed E-state index contributed by atoms with van der Waals surface area (Å²) in [5.41, 5.74) is 1.58. The molecule has 2 heterocycles. The average Bonchev–Trinajstić information content (AvgIpc) is 3.16. The zero-order valence-electron chi connectivity index (χ0n) is 22.1. The number of nitrogens with one attached hydrogen (secondary N) is 2. The smallest absolute Gasteiger partial charge is 0.407 e.